The Labute approximate surface area is 277 Å². The third-order valence-corrected chi connectivity index (χ3v) is 9.29. The van der Waals surface area contributed by atoms with Crippen molar-refractivity contribution < 1.29 is 14.7 Å². The number of aromatic nitrogens is 3. The van der Waals surface area contributed by atoms with Crippen LogP contribution in [0.1, 0.15) is 41.6 Å². The maximum atomic E-state index is 13.9. The molecular formula is C36H37ClN6O4. The molecule has 1 aliphatic rings. The monoisotopic (exact) mass is 652 g/mol. The number of nitrogens with two attached hydrogens (primary N) is 1. The second kappa shape index (κ2) is 13.9. The Kier molecular flexibility index (Phi) is 9.51. The Morgan fingerprint density at radius 3 is 2.51 bits per heavy atom. The predicted molar refractivity (Wildman–Crippen MR) is 183 cm³/mol. The summed E-state index contributed by atoms with van der Waals surface area (Å²) >= 11 is 6.23. The van der Waals surface area contributed by atoms with Crippen LogP contribution in [0.3, 0.4) is 0 Å². The molecule has 1 atom stereocenters. The number of nitrogens with one attached hydrogen (secondary N) is 1. The number of anilines is 1. The van der Waals surface area contributed by atoms with Gasteiger partial charge in [0.15, 0.2) is 0 Å². The number of likely N-dealkylation sites (tertiary alicyclic amines) is 1. The Morgan fingerprint density at radius 2 is 1.72 bits per heavy atom. The molecule has 6 rings (SSSR count). The van der Waals surface area contributed by atoms with E-state index in [0.717, 1.165) is 10.9 Å². The van der Waals surface area contributed by atoms with Gasteiger partial charge in [-0.2, -0.15) is 0 Å². The number of halogens is 1. The van der Waals surface area contributed by atoms with Gasteiger partial charge < -0.3 is 21.1 Å². The van der Waals surface area contributed by atoms with E-state index in [1.807, 2.05) is 35.2 Å². The molecule has 0 saturated carbocycles. The van der Waals surface area contributed by atoms with Crippen molar-refractivity contribution >= 4 is 50.9 Å². The van der Waals surface area contributed by atoms with E-state index in [2.05, 4.69) is 15.3 Å². The molecule has 11 heteroatoms. The topological polar surface area (TPSA) is 143 Å². The van der Waals surface area contributed by atoms with E-state index >= 15 is 0 Å². The molecular weight excluding hydrogens is 616 g/mol. The summed E-state index contributed by atoms with van der Waals surface area (Å²) in [5.74, 6) is -0.464. The molecule has 47 heavy (non-hydrogen) atoms. The van der Waals surface area contributed by atoms with Gasteiger partial charge in [-0.15, -0.1) is 0 Å². The number of nitrogen functional groups attached to an aromatic ring is 1. The quantitative estimate of drug-likeness (QED) is 0.148. The fraction of sp³-hybridized carbons (Fsp3) is 0.306. The van der Waals surface area contributed by atoms with Crippen molar-refractivity contribution in [2.45, 2.75) is 44.2 Å². The van der Waals surface area contributed by atoms with Crippen molar-refractivity contribution in [3.8, 4) is 0 Å². The molecule has 3 heterocycles. The lowest BCUT2D eigenvalue weighted by atomic mass is 9.88. The van der Waals surface area contributed by atoms with Crippen LogP contribution >= 0.6 is 11.6 Å². The molecule has 0 spiro atoms. The van der Waals surface area contributed by atoms with Crippen LogP contribution in [0.15, 0.2) is 90.1 Å². The molecule has 1 fully saturated rings. The summed E-state index contributed by atoms with van der Waals surface area (Å²) in [6.07, 6.45) is 5.52. The Morgan fingerprint density at radius 1 is 0.979 bits per heavy atom. The van der Waals surface area contributed by atoms with Gasteiger partial charge in [0, 0.05) is 48.4 Å². The summed E-state index contributed by atoms with van der Waals surface area (Å²) in [7, 11) is 0. The van der Waals surface area contributed by atoms with Crippen molar-refractivity contribution in [3.63, 3.8) is 0 Å². The molecule has 1 saturated heterocycles. The lowest BCUT2D eigenvalue weighted by molar-refractivity contribution is -0.140. The SMILES string of the molecule is Nc1ccc2c(=O)n(CC3(O)CCN(C(=O)C(CCCNC(=O)c4ccc5c(Cl)ccnc5c4)Cc4ccccc4)CC3)cnc2c1. The maximum Gasteiger partial charge on any atom is 0.261 e. The highest BCUT2D eigenvalue weighted by molar-refractivity contribution is 6.35. The second-order valence-corrected chi connectivity index (χ2v) is 12.7. The molecule has 2 aromatic heterocycles. The predicted octanol–water partition coefficient (Wildman–Crippen LogP) is 4.60. The fourth-order valence-electron chi connectivity index (χ4n) is 6.28. The molecule has 1 unspecified atom stereocenters. The van der Waals surface area contributed by atoms with Crippen LogP contribution < -0.4 is 16.6 Å². The number of pyridine rings is 1. The molecule has 10 nitrogen and oxygen atoms in total. The molecule has 242 valence electrons. The van der Waals surface area contributed by atoms with Gasteiger partial charge in [-0.05, 0) is 74.1 Å². The van der Waals surface area contributed by atoms with Gasteiger partial charge in [0.25, 0.3) is 11.5 Å². The number of aliphatic hydroxyl groups is 1. The number of hydrogen-bond donors (Lipinski definition) is 3. The molecule has 1 aliphatic heterocycles. The van der Waals surface area contributed by atoms with E-state index in [1.165, 1.54) is 10.9 Å². The van der Waals surface area contributed by atoms with Crippen molar-refractivity contribution in [1.82, 2.24) is 24.8 Å². The van der Waals surface area contributed by atoms with Crippen molar-refractivity contribution in [2.75, 3.05) is 25.4 Å². The zero-order valence-corrected chi connectivity index (χ0v) is 26.7. The lowest BCUT2D eigenvalue weighted by Gasteiger charge is -2.39. The van der Waals surface area contributed by atoms with E-state index in [9.17, 15) is 19.5 Å². The molecule has 5 aromatic rings. The Hall–Kier alpha value is -4.80. The zero-order chi connectivity index (χ0) is 33.0. The van der Waals surface area contributed by atoms with Gasteiger partial charge in [0.05, 0.1) is 39.9 Å². The molecule has 3 aromatic carbocycles. The summed E-state index contributed by atoms with van der Waals surface area (Å²) in [6.45, 7) is 1.27. The second-order valence-electron chi connectivity index (χ2n) is 12.3. The summed E-state index contributed by atoms with van der Waals surface area (Å²) in [6, 6.07) is 21.8. The first-order valence-electron chi connectivity index (χ1n) is 15.8. The number of piperidine rings is 1. The minimum Gasteiger partial charge on any atom is -0.399 e. The van der Waals surface area contributed by atoms with Gasteiger partial charge >= 0.3 is 0 Å². The standard InChI is InChI=1S/C36H37ClN6O4/c37-30-12-16-39-31-20-25(8-10-28(30)31)33(44)40-15-4-7-26(19-24-5-2-1-3-6-24)34(45)42-17-13-36(47,14-18-42)22-43-23-41-32-21-27(38)9-11-29(32)35(43)46/h1-3,5-6,8-12,16,20-21,23,26,47H,4,7,13-15,17-19,22,38H2,(H,40,44). The first-order chi connectivity index (χ1) is 22.7. The highest BCUT2D eigenvalue weighted by atomic mass is 35.5. The fourth-order valence-corrected chi connectivity index (χ4v) is 6.50. The van der Waals surface area contributed by atoms with Crippen LogP contribution in [0.4, 0.5) is 5.69 Å². The van der Waals surface area contributed by atoms with E-state index in [-0.39, 0.29) is 29.8 Å². The minimum atomic E-state index is -1.15. The molecule has 0 radical (unpaired) electrons. The number of benzene rings is 3. The van der Waals surface area contributed by atoms with Crippen LogP contribution in [-0.2, 0) is 17.8 Å². The number of hydrogen-bond acceptors (Lipinski definition) is 7. The number of rotatable bonds is 10. The number of nitrogens with zero attached hydrogens (tertiary/aromatic N) is 4. The number of carbonyl (C=O) groups excluding carboxylic acids is 2. The minimum absolute atomic E-state index is 0.0295. The highest BCUT2D eigenvalue weighted by Gasteiger charge is 2.36. The van der Waals surface area contributed by atoms with Gasteiger partial charge in [0.2, 0.25) is 5.91 Å². The van der Waals surface area contributed by atoms with Gasteiger partial charge in [0.1, 0.15) is 0 Å². The summed E-state index contributed by atoms with van der Waals surface area (Å²) in [5.41, 5.74) is 7.70. The normalized spacial score (nSPS) is 15.1. The summed E-state index contributed by atoms with van der Waals surface area (Å²) < 4.78 is 1.44. The summed E-state index contributed by atoms with van der Waals surface area (Å²) in [5, 5.41) is 16.2. The van der Waals surface area contributed by atoms with Crippen molar-refractivity contribution in [3.05, 3.63) is 112 Å². The van der Waals surface area contributed by atoms with Crippen molar-refractivity contribution in [1.29, 1.82) is 0 Å². The summed E-state index contributed by atoms with van der Waals surface area (Å²) in [4.78, 5) is 50.3. The molecule has 0 aliphatic carbocycles. The van der Waals surface area contributed by atoms with E-state index in [0.29, 0.717) is 84.4 Å². The first-order valence-corrected chi connectivity index (χ1v) is 16.2. The average molecular weight is 653 g/mol. The van der Waals surface area contributed by atoms with Gasteiger partial charge in [-0.25, -0.2) is 4.98 Å². The highest BCUT2D eigenvalue weighted by Crippen LogP contribution is 2.27. The maximum absolute atomic E-state index is 13.9. The van der Waals surface area contributed by atoms with Crippen LogP contribution in [0, 0.1) is 5.92 Å². The van der Waals surface area contributed by atoms with Gasteiger partial charge in [-0.3, -0.25) is 23.9 Å². The lowest BCUT2D eigenvalue weighted by Crippen LogP contribution is -2.51. The van der Waals surface area contributed by atoms with E-state index < -0.39 is 5.60 Å². The largest absolute Gasteiger partial charge is 0.399 e. The van der Waals surface area contributed by atoms with Crippen LogP contribution in [-0.4, -0.2) is 61.6 Å². The van der Waals surface area contributed by atoms with Crippen LogP contribution in [0.25, 0.3) is 21.8 Å². The first kappa shape index (κ1) is 32.2. The van der Waals surface area contributed by atoms with E-state index in [4.69, 9.17) is 17.3 Å². The molecule has 2 amide bonds. The average Bonchev–Trinajstić information content (AvgIpc) is 3.07. The Bertz CT molecular complexity index is 1970. The van der Waals surface area contributed by atoms with Crippen molar-refractivity contribution in [2.24, 2.45) is 5.92 Å². The van der Waals surface area contributed by atoms with Crippen LogP contribution in [0.2, 0.25) is 5.02 Å². The van der Waals surface area contributed by atoms with Gasteiger partial charge in [-0.1, -0.05) is 48.0 Å². The number of carbonyl (C=O) groups is 2. The third-order valence-electron chi connectivity index (χ3n) is 8.96. The Balaban J connectivity index is 1.07. The smallest absolute Gasteiger partial charge is 0.261 e. The number of fused-ring (bicyclic) bond motifs is 2. The van der Waals surface area contributed by atoms with E-state index in [1.54, 1.807) is 48.7 Å². The third kappa shape index (κ3) is 7.45. The molecule has 0 bridgehead atoms. The molecule has 4 N–H and O–H groups in total. The number of amides is 2. The zero-order valence-electron chi connectivity index (χ0n) is 25.9. The van der Waals surface area contributed by atoms with Crippen LogP contribution in [0.5, 0.6) is 0 Å².